The normalized spacial score (nSPS) is 13.3. The van der Waals surface area contributed by atoms with E-state index in [9.17, 15) is 9.90 Å². The summed E-state index contributed by atoms with van der Waals surface area (Å²) in [6.45, 7) is 3.90. The fourth-order valence-electron chi connectivity index (χ4n) is 2.62. The Labute approximate surface area is 138 Å². The topological polar surface area (TPSA) is 49.3 Å². The lowest BCUT2D eigenvalue weighted by atomic mass is 9.92. The Morgan fingerprint density at radius 2 is 1.70 bits per heavy atom. The van der Waals surface area contributed by atoms with Crippen LogP contribution in [-0.2, 0) is 4.79 Å². The number of nitrogens with one attached hydrogen (secondary N) is 1. The minimum atomic E-state index is -1.31. The number of benzene rings is 2. The number of carbonyl (C=O) groups is 1. The Morgan fingerprint density at radius 3 is 2.35 bits per heavy atom. The number of rotatable bonds is 7. The van der Waals surface area contributed by atoms with Gasteiger partial charge in [0.1, 0.15) is 5.60 Å². The van der Waals surface area contributed by atoms with Crippen LogP contribution < -0.4 is 5.32 Å². The summed E-state index contributed by atoms with van der Waals surface area (Å²) in [5.41, 5.74) is 1.42. The predicted octanol–water partition coefficient (Wildman–Crippen LogP) is 4.62. The first-order valence-corrected chi connectivity index (χ1v) is 8.29. The number of unbranched alkanes of at least 4 members (excludes halogenated alkanes) is 1. The molecule has 0 heterocycles. The quantitative estimate of drug-likeness (QED) is 0.783. The van der Waals surface area contributed by atoms with E-state index >= 15 is 0 Å². The maximum absolute atomic E-state index is 12.6. The van der Waals surface area contributed by atoms with Crippen LogP contribution in [0, 0.1) is 0 Å². The van der Waals surface area contributed by atoms with Crippen LogP contribution in [0.25, 0.3) is 11.1 Å². The van der Waals surface area contributed by atoms with E-state index in [1.807, 2.05) is 61.5 Å². The molecule has 122 valence electrons. The summed E-state index contributed by atoms with van der Waals surface area (Å²) >= 11 is 0. The highest BCUT2D eigenvalue weighted by Crippen LogP contribution is 2.29. The molecule has 2 aromatic rings. The van der Waals surface area contributed by atoms with Crippen LogP contribution in [0.3, 0.4) is 0 Å². The molecule has 0 aliphatic heterocycles. The largest absolute Gasteiger partial charge is 0.380 e. The summed E-state index contributed by atoms with van der Waals surface area (Å²) in [5, 5.41) is 13.6. The van der Waals surface area contributed by atoms with Crippen molar-refractivity contribution in [2.24, 2.45) is 0 Å². The number of amides is 1. The van der Waals surface area contributed by atoms with Gasteiger partial charge in [0.25, 0.3) is 5.91 Å². The van der Waals surface area contributed by atoms with Gasteiger partial charge in [0, 0.05) is 11.3 Å². The highest BCUT2D eigenvalue weighted by molar-refractivity contribution is 6.00. The van der Waals surface area contributed by atoms with E-state index in [4.69, 9.17) is 0 Å². The van der Waals surface area contributed by atoms with Crippen LogP contribution >= 0.6 is 0 Å². The van der Waals surface area contributed by atoms with Crippen molar-refractivity contribution >= 4 is 11.6 Å². The molecule has 0 fully saturated rings. The third-order valence-corrected chi connectivity index (χ3v) is 4.21. The first-order chi connectivity index (χ1) is 11.1. The molecule has 0 aliphatic rings. The maximum atomic E-state index is 12.6. The number of carbonyl (C=O) groups excluding carboxylic acids is 1. The average molecular weight is 311 g/mol. The second kappa shape index (κ2) is 7.93. The molecule has 0 radical (unpaired) electrons. The summed E-state index contributed by atoms with van der Waals surface area (Å²) in [5.74, 6) is -0.322. The Balaban J connectivity index is 2.25. The molecule has 1 amide bonds. The third-order valence-electron chi connectivity index (χ3n) is 4.21. The second-order valence-electron chi connectivity index (χ2n) is 5.85. The lowest BCUT2D eigenvalue weighted by Gasteiger charge is -2.26. The van der Waals surface area contributed by atoms with Crippen LogP contribution in [0.2, 0.25) is 0 Å². The van der Waals surface area contributed by atoms with Gasteiger partial charge >= 0.3 is 0 Å². The van der Waals surface area contributed by atoms with E-state index in [0.717, 1.165) is 29.7 Å². The van der Waals surface area contributed by atoms with Crippen molar-refractivity contribution in [2.75, 3.05) is 5.32 Å². The van der Waals surface area contributed by atoms with Crippen molar-refractivity contribution in [2.45, 2.75) is 45.1 Å². The van der Waals surface area contributed by atoms with Gasteiger partial charge in [-0.05, 0) is 24.5 Å². The van der Waals surface area contributed by atoms with Gasteiger partial charge in [-0.1, -0.05) is 75.2 Å². The Kier molecular flexibility index (Phi) is 5.94. The summed E-state index contributed by atoms with van der Waals surface area (Å²) in [6.07, 6.45) is 2.68. The first kappa shape index (κ1) is 17.2. The molecular weight excluding hydrogens is 286 g/mol. The van der Waals surface area contributed by atoms with E-state index < -0.39 is 5.60 Å². The van der Waals surface area contributed by atoms with Crippen LogP contribution in [0.5, 0.6) is 0 Å². The van der Waals surface area contributed by atoms with Crippen LogP contribution in [0.15, 0.2) is 54.6 Å². The van der Waals surface area contributed by atoms with Crippen LogP contribution in [0.4, 0.5) is 5.69 Å². The molecule has 0 unspecified atom stereocenters. The van der Waals surface area contributed by atoms with Gasteiger partial charge in [-0.25, -0.2) is 0 Å². The van der Waals surface area contributed by atoms with E-state index in [-0.39, 0.29) is 5.91 Å². The zero-order valence-corrected chi connectivity index (χ0v) is 13.9. The van der Waals surface area contributed by atoms with Gasteiger partial charge in [-0.3, -0.25) is 4.79 Å². The van der Waals surface area contributed by atoms with Crippen molar-refractivity contribution < 1.29 is 9.90 Å². The van der Waals surface area contributed by atoms with Crippen molar-refractivity contribution in [1.82, 2.24) is 0 Å². The fraction of sp³-hybridized carbons (Fsp3) is 0.350. The van der Waals surface area contributed by atoms with Crippen LogP contribution in [0.1, 0.15) is 39.5 Å². The van der Waals surface area contributed by atoms with Gasteiger partial charge < -0.3 is 10.4 Å². The number of aliphatic hydroxyl groups is 1. The van der Waals surface area contributed by atoms with Gasteiger partial charge in [0.2, 0.25) is 0 Å². The molecule has 0 bridgehead atoms. The number of hydrogen-bond donors (Lipinski definition) is 2. The van der Waals surface area contributed by atoms with Gasteiger partial charge in [0.15, 0.2) is 0 Å². The number of anilines is 1. The lowest BCUT2D eigenvalue weighted by molar-refractivity contribution is -0.135. The molecule has 0 spiro atoms. The summed E-state index contributed by atoms with van der Waals surface area (Å²) in [7, 11) is 0. The summed E-state index contributed by atoms with van der Waals surface area (Å²) in [6, 6.07) is 17.6. The van der Waals surface area contributed by atoms with Crippen molar-refractivity contribution in [3.05, 3.63) is 54.6 Å². The highest BCUT2D eigenvalue weighted by Gasteiger charge is 2.33. The van der Waals surface area contributed by atoms with Gasteiger partial charge in [-0.15, -0.1) is 0 Å². The molecule has 0 aromatic heterocycles. The van der Waals surface area contributed by atoms with E-state index in [1.165, 1.54) is 0 Å². The minimum absolute atomic E-state index is 0.322. The molecule has 3 nitrogen and oxygen atoms in total. The standard InChI is InChI=1S/C20H25NO2/c1-3-5-15-20(23,4-2)19(22)21-18-14-10-9-13-17(18)16-11-7-6-8-12-16/h6-14,23H,3-5,15H2,1-2H3,(H,21,22)/t20-/m0/s1. The molecule has 2 N–H and O–H groups in total. The molecule has 2 aromatic carbocycles. The zero-order chi connectivity index (χ0) is 16.7. The molecule has 0 aliphatic carbocycles. The molecule has 2 rings (SSSR count). The van der Waals surface area contributed by atoms with E-state index in [1.54, 1.807) is 0 Å². The van der Waals surface area contributed by atoms with Crippen molar-refractivity contribution in [3.63, 3.8) is 0 Å². The van der Waals surface area contributed by atoms with Gasteiger partial charge in [-0.2, -0.15) is 0 Å². The number of para-hydroxylation sites is 1. The monoisotopic (exact) mass is 311 g/mol. The van der Waals surface area contributed by atoms with Crippen molar-refractivity contribution in [3.8, 4) is 11.1 Å². The smallest absolute Gasteiger partial charge is 0.256 e. The second-order valence-corrected chi connectivity index (χ2v) is 5.85. The molecule has 0 saturated carbocycles. The Morgan fingerprint density at radius 1 is 1.04 bits per heavy atom. The fourth-order valence-corrected chi connectivity index (χ4v) is 2.62. The molecular formula is C20H25NO2. The lowest BCUT2D eigenvalue weighted by Crippen LogP contribution is -2.42. The predicted molar refractivity (Wildman–Crippen MR) is 95.3 cm³/mol. The average Bonchev–Trinajstić information content (AvgIpc) is 2.60. The maximum Gasteiger partial charge on any atom is 0.256 e. The van der Waals surface area contributed by atoms with E-state index in [2.05, 4.69) is 12.2 Å². The highest BCUT2D eigenvalue weighted by atomic mass is 16.3. The van der Waals surface area contributed by atoms with E-state index in [0.29, 0.717) is 12.8 Å². The third kappa shape index (κ3) is 4.20. The summed E-state index contributed by atoms with van der Waals surface area (Å²) < 4.78 is 0. The Bertz CT molecular complexity index is 639. The first-order valence-electron chi connectivity index (χ1n) is 8.29. The Hall–Kier alpha value is -2.13. The summed E-state index contributed by atoms with van der Waals surface area (Å²) in [4.78, 5) is 12.6. The van der Waals surface area contributed by atoms with Gasteiger partial charge in [0.05, 0.1) is 0 Å². The van der Waals surface area contributed by atoms with Crippen LogP contribution in [-0.4, -0.2) is 16.6 Å². The molecule has 23 heavy (non-hydrogen) atoms. The SMILES string of the molecule is CCCC[C@@](O)(CC)C(=O)Nc1ccccc1-c1ccccc1. The molecule has 0 saturated heterocycles. The molecule has 3 heteroatoms. The minimum Gasteiger partial charge on any atom is -0.380 e. The number of hydrogen-bond acceptors (Lipinski definition) is 2. The molecule has 1 atom stereocenters. The van der Waals surface area contributed by atoms with Crippen molar-refractivity contribution in [1.29, 1.82) is 0 Å². The zero-order valence-electron chi connectivity index (χ0n) is 13.9.